The molecule has 1 N–H and O–H groups in total. The van der Waals surface area contributed by atoms with E-state index in [1.165, 1.54) is 10.9 Å². The summed E-state index contributed by atoms with van der Waals surface area (Å²) in [6.07, 6.45) is 1.98. The van der Waals surface area contributed by atoms with E-state index >= 15 is 0 Å². The van der Waals surface area contributed by atoms with Gasteiger partial charge in [0.25, 0.3) is 0 Å². The topological polar surface area (TPSA) is 37.8 Å². The molecule has 0 atom stereocenters. The van der Waals surface area contributed by atoms with Gasteiger partial charge in [0.2, 0.25) is 0 Å². The molecule has 5 rings (SSSR count). The molecule has 3 nitrogen and oxygen atoms in total. The van der Waals surface area contributed by atoms with Gasteiger partial charge in [-0.15, -0.1) is 0 Å². The molecule has 0 unspecified atom stereocenters. The zero-order valence-electron chi connectivity index (χ0n) is 12.0. The van der Waals surface area contributed by atoms with Crippen molar-refractivity contribution in [2.75, 3.05) is 0 Å². The van der Waals surface area contributed by atoms with Crippen LogP contribution in [0.1, 0.15) is 15.9 Å². The first-order valence-corrected chi connectivity index (χ1v) is 7.55. The molecule has 2 aromatic heterocycles. The largest absolute Gasteiger partial charge is 0.353 e. The minimum atomic E-state index is 0.795. The number of rotatable bonds is 1. The lowest BCUT2D eigenvalue weighted by atomic mass is 10.0. The van der Waals surface area contributed by atoms with Crippen LogP contribution in [0.2, 0.25) is 0 Å². The normalized spacial score (nSPS) is 13.3. The Labute approximate surface area is 127 Å². The van der Waals surface area contributed by atoms with Crippen LogP contribution in [-0.4, -0.2) is 15.8 Å². The van der Waals surface area contributed by atoms with Crippen molar-refractivity contribution >= 4 is 28.1 Å². The molecular formula is C19H14N2O. The van der Waals surface area contributed by atoms with E-state index in [9.17, 15) is 4.79 Å². The maximum atomic E-state index is 11.8. The van der Waals surface area contributed by atoms with E-state index in [1.54, 1.807) is 0 Å². The number of H-pyrrole nitrogens is 1. The average Bonchev–Trinajstić information content (AvgIpc) is 3.10. The van der Waals surface area contributed by atoms with Gasteiger partial charge >= 0.3 is 0 Å². The maximum Gasteiger partial charge on any atom is 0.152 e. The molecule has 4 aromatic rings. The summed E-state index contributed by atoms with van der Waals surface area (Å²) in [4.78, 5) is 15.3. The molecule has 2 aromatic carbocycles. The van der Waals surface area contributed by atoms with E-state index in [1.807, 2.05) is 24.3 Å². The quantitative estimate of drug-likeness (QED) is 0.524. The summed E-state index contributed by atoms with van der Waals surface area (Å²) in [6.45, 7) is 0.915. The van der Waals surface area contributed by atoms with Crippen molar-refractivity contribution in [2.45, 2.75) is 13.0 Å². The predicted molar refractivity (Wildman–Crippen MR) is 88.3 cm³/mol. The highest BCUT2D eigenvalue weighted by atomic mass is 16.1. The Morgan fingerprint density at radius 3 is 2.64 bits per heavy atom. The predicted octanol–water partition coefficient (Wildman–Crippen LogP) is 4.16. The molecule has 1 aliphatic rings. The van der Waals surface area contributed by atoms with Gasteiger partial charge in [-0.05, 0) is 24.1 Å². The second-order valence-electron chi connectivity index (χ2n) is 5.82. The second kappa shape index (κ2) is 4.10. The molecule has 0 saturated carbocycles. The number of carbonyl (C=O) groups excluding carboxylic acids is 1. The summed E-state index contributed by atoms with van der Waals surface area (Å²) in [7, 11) is 0. The Kier molecular flexibility index (Phi) is 2.20. The van der Waals surface area contributed by atoms with Crippen molar-refractivity contribution in [3.05, 3.63) is 59.7 Å². The van der Waals surface area contributed by atoms with Crippen LogP contribution >= 0.6 is 0 Å². The van der Waals surface area contributed by atoms with E-state index in [0.29, 0.717) is 0 Å². The van der Waals surface area contributed by atoms with Gasteiger partial charge in [0, 0.05) is 33.9 Å². The third-order valence-corrected chi connectivity index (χ3v) is 4.76. The Morgan fingerprint density at radius 2 is 1.77 bits per heavy atom. The van der Waals surface area contributed by atoms with Crippen molar-refractivity contribution in [1.29, 1.82) is 0 Å². The zero-order chi connectivity index (χ0) is 14.7. The molecule has 0 bridgehead atoms. The van der Waals surface area contributed by atoms with Crippen LogP contribution in [0.5, 0.6) is 0 Å². The van der Waals surface area contributed by atoms with Crippen molar-refractivity contribution in [3.63, 3.8) is 0 Å². The van der Waals surface area contributed by atoms with Crippen molar-refractivity contribution in [3.8, 4) is 11.4 Å². The summed E-state index contributed by atoms with van der Waals surface area (Å²) >= 11 is 0. The van der Waals surface area contributed by atoms with Gasteiger partial charge in [0.05, 0.1) is 11.4 Å². The lowest BCUT2D eigenvalue weighted by molar-refractivity contribution is 0.112. The molecule has 106 valence electrons. The molecule has 3 heteroatoms. The maximum absolute atomic E-state index is 11.8. The van der Waals surface area contributed by atoms with Gasteiger partial charge in [-0.1, -0.05) is 36.4 Å². The Balaban J connectivity index is 1.96. The molecule has 3 heterocycles. The van der Waals surface area contributed by atoms with Crippen LogP contribution in [0.15, 0.2) is 48.5 Å². The smallest absolute Gasteiger partial charge is 0.152 e. The zero-order valence-corrected chi connectivity index (χ0v) is 12.0. The summed E-state index contributed by atoms with van der Waals surface area (Å²) in [5, 5.41) is 2.31. The van der Waals surface area contributed by atoms with Crippen LogP contribution < -0.4 is 0 Å². The molecule has 0 fully saturated rings. The highest BCUT2D eigenvalue weighted by Crippen LogP contribution is 2.40. The summed E-state index contributed by atoms with van der Waals surface area (Å²) in [6, 6.07) is 16.5. The van der Waals surface area contributed by atoms with Gasteiger partial charge in [0.1, 0.15) is 0 Å². The third kappa shape index (κ3) is 1.33. The number of aromatic nitrogens is 2. The number of para-hydroxylation sites is 2. The van der Waals surface area contributed by atoms with Crippen LogP contribution in [-0.2, 0) is 13.0 Å². The van der Waals surface area contributed by atoms with Crippen LogP contribution in [0.25, 0.3) is 33.2 Å². The number of hydrogen-bond donors (Lipinski definition) is 1. The third-order valence-electron chi connectivity index (χ3n) is 4.76. The molecule has 0 radical (unpaired) electrons. The lowest BCUT2D eigenvalue weighted by Crippen LogP contribution is -2.10. The number of fused-ring (bicyclic) bond motifs is 7. The first-order valence-electron chi connectivity index (χ1n) is 7.55. The van der Waals surface area contributed by atoms with Gasteiger partial charge in [-0.2, -0.15) is 0 Å². The second-order valence-corrected chi connectivity index (χ2v) is 5.82. The Morgan fingerprint density at radius 1 is 1.00 bits per heavy atom. The highest BCUT2D eigenvalue weighted by molar-refractivity contribution is 6.06. The summed E-state index contributed by atoms with van der Waals surface area (Å²) < 4.78 is 2.27. The van der Waals surface area contributed by atoms with E-state index in [2.05, 4.69) is 33.8 Å². The van der Waals surface area contributed by atoms with Crippen LogP contribution in [0, 0.1) is 0 Å². The Bertz CT molecular complexity index is 1050. The van der Waals surface area contributed by atoms with Crippen molar-refractivity contribution < 1.29 is 4.79 Å². The standard InChI is InChI=1S/C19H14N2O/c22-11-15-13-6-2-4-8-17(13)21-10-9-14-12-5-1-3-7-16(12)20-18(14)19(15)21/h1-8,11,20H,9-10H2. The number of benzene rings is 2. The fourth-order valence-corrected chi connectivity index (χ4v) is 3.84. The van der Waals surface area contributed by atoms with Crippen molar-refractivity contribution in [1.82, 2.24) is 9.55 Å². The first-order chi connectivity index (χ1) is 10.9. The minimum absolute atomic E-state index is 0.795. The molecule has 0 spiro atoms. The minimum Gasteiger partial charge on any atom is -0.353 e. The van der Waals surface area contributed by atoms with Gasteiger partial charge < -0.3 is 9.55 Å². The summed E-state index contributed by atoms with van der Waals surface area (Å²) in [5.41, 5.74) is 6.54. The van der Waals surface area contributed by atoms with Crippen LogP contribution in [0.4, 0.5) is 0 Å². The molecule has 22 heavy (non-hydrogen) atoms. The SMILES string of the molecule is O=Cc1c2n(c3ccccc13)CCc1c-2[nH]c2ccccc12. The molecule has 0 aliphatic carbocycles. The number of nitrogens with one attached hydrogen (secondary N) is 1. The van der Waals surface area contributed by atoms with E-state index in [4.69, 9.17) is 0 Å². The van der Waals surface area contributed by atoms with Gasteiger partial charge in [-0.25, -0.2) is 0 Å². The van der Waals surface area contributed by atoms with Gasteiger partial charge in [0.15, 0.2) is 6.29 Å². The lowest BCUT2D eigenvalue weighted by Gasteiger charge is -2.17. The number of aromatic amines is 1. The number of aryl methyl sites for hydroxylation is 2. The summed E-state index contributed by atoms with van der Waals surface area (Å²) in [5.74, 6) is 0. The van der Waals surface area contributed by atoms with Crippen LogP contribution in [0.3, 0.4) is 0 Å². The number of carbonyl (C=O) groups is 1. The number of nitrogens with zero attached hydrogens (tertiary/aromatic N) is 1. The molecule has 1 aliphatic heterocycles. The fourth-order valence-electron chi connectivity index (χ4n) is 3.84. The number of hydrogen-bond acceptors (Lipinski definition) is 1. The van der Waals surface area contributed by atoms with E-state index in [-0.39, 0.29) is 0 Å². The highest BCUT2D eigenvalue weighted by Gasteiger charge is 2.26. The Hall–Kier alpha value is -2.81. The molecular weight excluding hydrogens is 272 g/mol. The number of aldehydes is 1. The van der Waals surface area contributed by atoms with E-state index < -0.39 is 0 Å². The van der Waals surface area contributed by atoms with Crippen molar-refractivity contribution in [2.24, 2.45) is 0 Å². The van der Waals surface area contributed by atoms with Gasteiger partial charge in [-0.3, -0.25) is 4.79 Å². The first kappa shape index (κ1) is 11.8. The molecule has 0 saturated heterocycles. The average molecular weight is 286 g/mol. The molecule has 0 amide bonds. The van der Waals surface area contributed by atoms with E-state index in [0.717, 1.165) is 52.6 Å². The fraction of sp³-hybridized carbons (Fsp3) is 0.105. The monoisotopic (exact) mass is 286 g/mol.